The Morgan fingerprint density at radius 3 is 2.88 bits per heavy atom. The van der Waals surface area contributed by atoms with Gasteiger partial charge in [-0.3, -0.25) is 4.90 Å². The fourth-order valence-electron chi connectivity index (χ4n) is 2.29. The van der Waals surface area contributed by atoms with Crippen molar-refractivity contribution in [2.45, 2.75) is 51.4 Å². The number of likely N-dealkylation sites (N-methyl/N-ethyl adjacent to an activating group) is 1. The molecule has 0 saturated carbocycles. The van der Waals surface area contributed by atoms with E-state index < -0.39 is 6.10 Å². The topological polar surface area (TPSA) is 41.9 Å². The Hall–Kier alpha value is -0.160. The lowest BCUT2D eigenvalue weighted by Gasteiger charge is -2.28. The summed E-state index contributed by atoms with van der Waals surface area (Å²) in [6, 6.07) is 0.431. The minimum absolute atomic E-state index is 0.271. The average molecular weight is 245 g/mol. The predicted octanol–water partition coefficient (Wildman–Crippen LogP) is 1.27. The molecule has 1 aliphatic heterocycles. The zero-order valence-corrected chi connectivity index (χ0v) is 11.4. The molecule has 1 fully saturated rings. The lowest BCUT2D eigenvalue weighted by atomic mass is 10.1. The molecule has 0 spiro atoms. The summed E-state index contributed by atoms with van der Waals surface area (Å²) in [4.78, 5) is 2.19. The molecule has 4 heteroatoms. The van der Waals surface area contributed by atoms with Gasteiger partial charge in [-0.1, -0.05) is 13.3 Å². The lowest BCUT2D eigenvalue weighted by molar-refractivity contribution is 0.00552. The molecule has 0 bridgehead atoms. The lowest BCUT2D eigenvalue weighted by Crippen LogP contribution is -2.42. The summed E-state index contributed by atoms with van der Waals surface area (Å²) in [5, 5.41) is 9.86. The van der Waals surface area contributed by atoms with E-state index in [2.05, 4.69) is 18.7 Å². The first-order valence-corrected chi connectivity index (χ1v) is 6.72. The van der Waals surface area contributed by atoms with E-state index in [1.165, 1.54) is 0 Å². The number of aliphatic hydroxyl groups is 1. The van der Waals surface area contributed by atoms with Crippen molar-refractivity contribution in [1.82, 2.24) is 4.90 Å². The van der Waals surface area contributed by atoms with Crippen LogP contribution in [-0.4, -0.2) is 61.7 Å². The molecule has 17 heavy (non-hydrogen) atoms. The summed E-state index contributed by atoms with van der Waals surface area (Å²) < 4.78 is 10.9. The van der Waals surface area contributed by atoms with Crippen LogP contribution in [0.5, 0.6) is 0 Å². The Morgan fingerprint density at radius 1 is 1.53 bits per heavy atom. The Morgan fingerprint density at radius 2 is 2.29 bits per heavy atom. The first kappa shape index (κ1) is 14.9. The fraction of sp³-hybridized carbons (Fsp3) is 1.00. The summed E-state index contributed by atoms with van der Waals surface area (Å²) >= 11 is 0. The molecule has 102 valence electrons. The van der Waals surface area contributed by atoms with E-state index in [0.717, 1.165) is 32.5 Å². The third kappa shape index (κ3) is 5.34. The zero-order valence-electron chi connectivity index (χ0n) is 11.4. The Kier molecular flexibility index (Phi) is 7.04. The van der Waals surface area contributed by atoms with Crippen molar-refractivity contribution < 1.29 is 14.6 Å². The minimum atomic E-state index is -0.398. The van der Waals surface area contributed by atoms with Crippen LogP contribution in [0.1, 0.15) is 33.1 Å². The quantitative estimate of drug-likeness (QED) is 0.654. The standard InChI is InChI=1S/C13H27NO3/c1-4-5-7-16-10-12(15)9-14(3)13-6-8-17-11(13)2/h11-13,15H,4-10H2,1-3H3. The molecule has 0 radical (unpaired) electrons. The molecule has 4 nitrogen and oxygen atoms in total. The highest BCUT2D eigenvalue weighted by atomic mass is 16.5. The van der Waals surface area contributed by atoms with Crippen molar-refractivity contribution >= 4 is 0 Å². The fourth-order valence-corrected chi connectivity index (χ4v) is 2.29. The van der Waals surface area contributed by atoms with Gasteiger partial charge >= 0.3 is 0 Å². The van der Waals surface area contributed by atoms with E-state index in [9.17, 15) is 5.11 Å². The van der Waals surface area contributed by atoms with Crippen molar-refractivity contribution in [3.05, 3.63) is 0 Å². The number of hydrogen-bond acceptors (Lipinski definition) is 4. The van der Waals surface area contributed by atoms with Gasteiger partial charge in [-0.05, 0) is 26.8 Å². The zero-order chi connectivity index (χ0) is 12.7. The van der Waals surface area contributed by atoms with Crippen LogP contribution in [0.4, 0.5) is 0 Å². The maximum absolute atomic E-state index is 9.86. The smallest absolute Gasteiger partial charge is 0.0900 e. The van der Waals surface area contributed by atoms with Crippen molar-refractivity contribution in [1.29, 1.82) is 0 Å². The van der Waals surface area contributed by atoms with E-state index >= 15 is 0 Å². The Bertz CT molecular complexity index is 201. The van der Waals surface area contributed by atoms with Crippen LogP contribution in [0.2, 0.25) is 0 Å². The van der Waals surface area contributed by atoms with Gasteiger partial charge in [0.1, 0.15) is 0 Å². The molecule has 1 heterocycles. The molecule has 0 aromatic rings. The Balaban J connectivity index is 2.14. The summed E-state index contributed by atoms with van der Waals surface area (Å²) in [6.07, 6.45) is 3.13. The molecule has 1 aliphatic rings. The summed E-state index contributed by atoms with van der Waals surface area (Å²) in [5.74, 6) is 0. The Labute approximate surface area is 105 Å². The van der Waals surface area contributed by atoms with E-state index in [4.69, 9.17) is 9.47 Å². The maximum Gasteiger partial charge on any atom is 0.0900 e. The maximum atomic E-state index is 9.86. The molecular formula is C13H27NO3. The van der Waals surface area contributed by atoms with Crippen LogP contribution in [0, 0.1) is 0 Å². The minimum Gasteiger partial charge on any atom is -0.389 e. The molecule has 0 aliphatic carbocycles. The van der Waals surface area contributed by atoms with Gasteiger partial charge in [0.15, 0.2) is 0 Å². The number of nitrogens with zero attached hydrogens (tertiary/aromatic N) is 1. The third-order valence-corrected chi connectivity index (χ3v) is 3.35. The summed E-state index contributed by atoms with van der Waals surface area (Å²) in [7, 11) is 2.05. The number of unbranched alkanes of at least 4 members (excludes halogenated alkanes) is 1. The summed E-state index contributed by atoms with van der Waals surface area (Å²) in [5.41, 5.74) is 0. The summed E-state index contributed by atoms with van der Waals surface area (Å²) in [6.45, 7) is 6.91. The second-order valence-corrected chi connectivity index (χ2v) is 4.95. The molecule has 3 atom stereocenters. The molecule has 3 unspecified atom stereocenters. The second kappa shape index (κ2) is 8.03. The van der Waals surface area contributed by atoms with Crippen LogP contribution in [-0.2, 0) is 9.47 Å². The van der Waals surface area contributed by atoms with Crippen LogP contribution in [0.15, 0.2) is 0 Å². The highest BCUT2D eigenvalue weighted by Crippen LogP contribution is 2.18. The van der Waals surface area contributed by atoms with Crippen LogP contribution in [0.3, 0.4) is 0 Å². The van der Waals surface area contributed by atoms with Crippen LogP contribution < -0.4 is 0 Å². The van der Waals surface area contributed by atoms with E-state index in [-0.39, 0.29) is 6.10 Å². The highest BCUT2D eigenvalue weighted by molar-refractivity contribution is 4.81. The first-order valence-electron chi connectivity index (χ1n) is 6.72. The predicted molar refractivity (Wildman–Crippen MR) is 68.2 cm³/mol. The largest absolute Gasteiger partial charge is 0.389 e. The van der Waals surface area contributed by atoms with Gasteiger partial charge in [0.2, 0.25) is 0 Å². The molecule has 1 rings (SSSR count). The monoisotopic (exact) mass is 245 g/mol. The van der Waals surface area contributed by atoms with Gasteiger partial charge in [-0.25, -0.2) is 0 Å². The van der Waals surface area contributed by atoms with E-state index in [0.29, 0.717) is 19.2 Å². The highest BCUT2D eigenvalue weighted by Gasteiger charge is 2.28. The molecule has 1 N–H and O–H groups in total. The van der Waals surface area contributed by atoms with E-state index in [1.807, 2.05) is 7.05 Å². The molecule has 0 aromatic carbocycles. The van der Waals surface area contributed by atoms with Crippen molar-refractivity contribution in [2.75, 3.05) is 33.4 Å². The van der Waals surface area contributed by atoms with E-state index in [1.54, 1.807) is 0 Å². The van der Waals surface area contributed by atoms with Crippen LogP contribution in [0.25, 0.3) is 0 Å². The number of aliphatic hydroxyl groups excluding tert-OH is 1. The number of hydrogen-bond donors (Lipinski definition) is 1. The number of rotatable bonds is 8. The molecule has 0 aromatic heterocycles. The van der Waals surface area contributed by atoms with Gasteiger partial charge in [-0.2, -0.15) is 0 Å². The number of ether oxygens (including phenoxy) is 2. The third-order valence-electron chi connectivity index (χ3n) is 3.35. The van der Waals surface area contributed by atoms with Gasteiger partial charge in [-0.15, -0.1) is 0 Å². The van der Waals surface area contributed by atoms with Crippen molar-refractivity contribution in [3.8, 4) is 0 Å². The van der Waals surface area contributed by atoms with Gasteiger partial charge in [0.05, 0.1) is 18.8 Å². The molecule has 1 saturated heterocycles. The average Bonchev–Trinajstić information content (AvgIpc) is 2.71. The van der Waals surface area contributed by atoms with Gasteiger partial charge in [0, 0.05) is 25.8 Å². The van der Waals surface area contributed by atoms with Crippen molar-refractivity contribution in [2.24, 2.45) is 0 Å². The van der Waals surface area contributed by atoms with Gasteiger partial charge < -0.3 is 14.6 Å². The second-order valence-electron chi connectivity index (χ2n) is 4.95. The first-order chi connectivity index (χ1) is 8.15. The molecule has 0 amide bonds. The van der Waals surface area contributed by atoms with Crippen LogP contribution >= 0.6 is 0 Å². The SMILES string of the molecule is CCCCOCC(O)CN(C)C1CCOC1C. The van der Waals surface area contributed by atoms with Gasteiger partial charge in [0.25, 0.3) is 0 Å². The van der Waals surface area contributed by atoms with Crippen molar-refractivity contribution in [3.63, 3.8) is 0 Å². The molecular weight excluding hydrogens is 218 g/mol. The normalized spacial score (nSPS) is 26.6.